The molecule has 0 aliphatic heterocycles. The Morgan fingerprint density at radius 3 is 2.41 bits per heavy atom. The fourth-order valence-electron chi connectivity index (χ4n) is 2.85. The molecule has 180 valence electrons. The van der Waals surface area contributed by atoms with E-state index in [1.807, 2.05) is 0 Å². The van der Waals surface area contributed by atoms with Gasteiger partial charge in [0.2, 0.25) is 11.7 Å². The highest BCUT2D eigenvalue weighted by Crippen LogP contribution is 2.27. The Balaban J connectivity index is 0.000000739. The van der Waals surface area contributed by atoms with Crippen molar-refractivity contribution >= 4 is 44.6 Å². The number of nitrogens with two attached hydrogens (primary N) is 1. The Bertz CT molecular complexity index is 1370. The van der Waals surface area contributed by atoms with Crippen molar-refractivity contribution < 1.29 is 41.6 Å². The largest absolute Gasteiger partial charge is 0.748 e. The number of fused-ring (bicyclic) bond motifs is 1. The number of amidine groups is 1. The molecular formula is C21H20N3O9S-. The van der Waals surface area contributed by atoms with Crippen LogP contribution in [-0.2, 0) is 21.5 Å². The number of nitrogen functional groups attached to an aromatic ring is 1. The molecular weight excluding hydrogens is 470 g/mol. The molecule has 0 aliphatic carbocycles. The van der Waals surface area contributed by atoms with E-state index in [0.717, 1.165) is 0 Å². The fourth-order valence-corrected chi connectivity index (χ4v) is 2.85. The van der Waals surface area contributed by atoms with Gasteiger partial charge in [-0.1, -0.05) is 6.07 Å². The molecule has 13 heteroatoms. The van der Waals surface area contributed by atoms with E-state index in [-0.39, 0.29) is 40.9 Å². The van der Waals surface area contributed by atoms with Crippen LogP contribution >= 0.6 is 0 Å². The predicted octanol–water partition coefficient (Wildman–Crippen LogP) is 1.43. The van der Waals surface area contributed by atoms with E-state index in [1.54, 1.807) is 12.1 Å². The second-order valence-electron chi connectivity index (χ2n) is 6.87. The lowest BCUT2D eigenvalue weighted by Gasteiger charge is -2.10. The second-order valence-corrected chi connectivity index (χ2v) is 8.28. The summed E-state index contributed by atoms with van der Waals surface area (Å²) in [6.07, 6.45) is 1.92. The summed E-state index contributed by atoms with van der Waals surface area (Å²) in [5.74, 6) is -2.45. The van der Waals surface area contributed by atoms with Gasteiger partial charge in [-0.3, -0.25) is 10.2 Å². The highest BCUT2D eigenvalue weighted by Gasteiger charge is 2.20. The van der Waals surface area contributed by atoms with Crippen LogP contribution in [0.25, 0.3) is 10.8 Å². The van der Waals surface area contributed by atoms with Crippen molar-refractivity contribution in [2.75, 3.05) is 6.26 Å². The van der Waals surface area contributed by atoms with Gasteiger partial charge in [-0.2, -0.15) is 0 Å². The monoisotopic (exact) mass is 490 g/mol. The van der Waals surface area contributed by atoms with Gasteiger partial charge in [-0.15, -0.1) is 0 Å². The predicted molar refractivity (Wildman–Crippen MR) is 119 cm³/mol. The summed E-state index contributed by atoms with van der Waals surface area (Å²) < 4.78 is 37.7. The number of carboxylic acids is 1. The number of ether oxygens (including phenoxy) is 1. The number of hydrogen-bond acceptors (Lipinski definition) is 9. The maximum atomic E-state index is 12.4. The molecule has 0 radical (unpaired) electrons. The topological polar surface area (TPSA) is 213 Å². The average molecular weight is 490 g/mol. The third-order valence-corrected chi connectivity index (χ3v) is 4.17. The van der Waals surface area contributed by atoms with Crippen LogP contribution < -0.4 is 15.8 Å². The lowest BCUT2D eigenvalue weighted by atomic mass is 9.98. The molecule has 5 N–H and O–H groups in total. The summed E-state index contributed by atoms with van der Waals surface area (Å²) in [6, 6.07) is 8.99. The van der Waals surface area contributed by atoms with Crippen LogP contribution in [-0.4, -0.2) is 48.0 Å². The molecule has 0 unspecified atom stereocenters. The number of amides is 1. The minimum Gasteiger partial charge on any atom is -0.748 e. The molecule has 1 heterocycles. The number of esters is 1. The Labute approximate surface area is 193 Å². The van der Waals surface area contributed by atoms with Crippen molar-refractivity contribution in [3.8, 4) is 5.75 Å². The van der Waals surface area contributed by atoms with Crippen LogP contribution in [0, 0.1) is 5.41 Å². The normalized spacial score (nSPS) is 10.7. The summed E-state index contributed by atoms with van der Waals surface area (Å²) in [5.41, 5.74) is 5.93. The van der Waals surface area contributed by atoms with Gasteiger partial charge in [0.05, 0.1) is 21.9 Å². The van der Waals surface area contributed by atoms with Crippen LogP contribution in [0.2, 0.25) is 0 Å². The van der Waals surface area contributed by atoms with Crippen LogP contribution in [0.3, 0.4) is 0 Å². The third kappa shape index (κ3) is 7.15. The van der Waals surface area contributed by atoms with E-state index in [1.165, 1.54) is 37.5 Å². The molecule has 12 nitrogen and oxygen atoms in total. The lowest BCUT2D eigenvalue weighted by molar-refractivity contribution is -0.119. The van der Waals surface area contributed by atoms with E-state index in [2.05, 4.69) is 5.32 Å². The van der Waals surface area contributed by atoms with Gasteiger partial charge in [-0.25, -0.2) is 18.0 Å². The van der Waals surface area contributed by atoms with Crippen molar-refractivity contribution in [1.29, 1.82) is 5.41 Å². The molecule has 0 aliphatic rings. The molecule has 1 amide bonds. The van der Waals surface area contributed by atoms with E-state index in [4.69, 9.17) is 33.3 Å². The maximum absolute atomic E-state index is 12.4. The first kappa shape index (κ1) is 26.0. The molecule has 0 saturated heterocycles. The quantitative estimate of drug-likeness (QED) is 0.128. The number of aromatic carboxylic acids is 1. The zero-order valence-corrected chi connectivity index (χ0v) is 18.8. The van der Waals surface area contributed by atoms with Gasteiger partial charge in [0.1, 0.15) is 11.6 Å². The van der Waals surface area contributed by atoms with Gasteiger partial charge in [0.25, 0.3) is 0 Å². The Morgan fingerprint density at radius 2 is 1.85 bits per heavy atom. The van der Waals surface area contributed by atoms with Crippen LogP contribution in [0.4, 0.5) is 0 Å². The third-order valence-electron chi connectivity index (χ3n) is 4.17. The smallest absolute Gasteiger partial charge is 0.379 e. The molecule has 0 spiro atoms. The summed E-state index contributed by atoms with van der Waals surface area (Å²) in [7, 11) is -3.92. The highest BCUT2D eigenvalue weighted by molar-refractivity contribution is 7.84. The zero-order chi connectivity index (χ0) is 25.6. The van der Waals surface area contributed by atoms with Gasteiger partial charge < -0.3 is 29.9 Å². The Kier molecular flexibility index (Phi) is 8.11. The molecule has 3 rings (SSSR count). The van der Waals surface area contributed by atoms with Gasteiger partial charge in [0, 0.05) is 30.9 Å². The van der Waals surface area contributed by atoms with Crippen LogP contribution in [0.15, 0.2) is 47.1 Å². The maximum Gasteiger partial charge on any atom is 0.379 e. The molecule has 0 saturated carbocycles. The van der Waals surface area contributed by atoms with Gasteiger partial charge in [0.15, 0.2) is 0 Å². The number of rotatable bonds is 6. The van der Waals surface area contributed by atoms with Crippen molar-refractivity contribution in [1.82, 2.24) is 5.32 Å². The van der Waals surface area contributed by atoms with Gasteiger partial charge in [-0.05, 0) is 41.1 Å². The van der Waals surface area contributed by atoms with E-state index >= 15 is 0 Å². The van der Waals surface area contributed by atoms with E-state index in [9.17, 15) is 19.5 Å². The summed E-state index contributed by atoms with van der Waals surface area (Å²) in [6.45, 7) is 1.47. The first-order valence-corrected chi connectivity index (χ1v) is 11.2. The molecule has 0 fully saturated rings. The number of carboxylic acid groups (broad SMARTS) is 1. The standard InChI is InChI=1S/C20H17N3O6.CH4O3S/c1-10(24)23-9-12-6-7-28-17(12)20(27)29-13-3-5-14-11(8-13)2-4-15(18(21)22)16(14)19(25)26;1-5(2,3)4/h2-8H,9H2,1H3,(H3,21,22)(H,23,24)(H,25,26);1H3,(H,2,3,4)/p-1. The zero-order valence-electron chi connectivity index (χ0n) is 17.9. The van der Waals surface area contributed by atoms with Crippen molar-refractivity contribution in [3.05, 3.63) is 65.1 Å². The molecule has 0 bridgehead atoms. The van der Waals surface area contributed by atoms with E-state index < -0.39 is 22.1 Å². The Hall–Kier alpha value is -4.23. The number of hydrogen-bond donors (Lipinski definition) is 4. The molecule has 34 heavy (non-hydrogen) atoms. The summed E-state index contributed by atoms with van der Waals surface area (Å²) in [4.78, 5) is 35.1. The first-order chi connectivity index (χ1) is 15.8. The first-order valence-electron chi connectivity index (χ1n) is 9.36. The Morgan fingerprint density at radius 1 is 1.21 bits per heavy atom. The van der Waals surface area contributed by atoms with Crippen LogP contribution in [0.1, 0.15) is 39.0 Å². The second kappa shape index (κ2) is 10.6. The van der Waals surface area contributed by atoms with Crippen molar-refractivity contribution in [2.45, 2.75) is 13.5 Å². The van der Waals surface area contributed by atoms with Gasteiger partial charge >= 0.3 is 11.9 Å². The summed E-state index contributed by atoms with van der Waals surface area (Å²) >= 11 is 0. The van der Waals surface area contributed by atoms with Crippen molar-refractivity contribution in [3.63, 3.8) is 0 Å². The number of benzene rings is 2. The SMILES string of the molecule is CC(=O)NCc1ccoc1C(=O)Oc1ccc2c(C(=O)O)c(C(=N)N)ccc2c1.CS(=O)(=O)[O-]. The molecule has 1 aromatic heterocycles. The van der Waals surface area contributed by atoms with E-state index in [0.29, 0.717) is 22.6 Å². The lowest BCUT2D eigenvalue weighted by Crippen LogP contribution is -2.20. The van der Waals surface area contributed by atoms with Crippen LogP contribution in [0.5, 0.6) is 5.75 Å². The molecule has 0 atom stereocenters. The molecule has 3 aromatic rings. The minimum atomic E-state index is -3.92. The number of furan rings is 1. The minimum absolute atomic E-state index is 0.0444. The number of carbonyl (C=O) groups is 3. The highest BCUT2D eigenvalue weighted by atomic mass is 32.2. The number of carbonyl (C=O) groups excluding carboxylic acids is 2. The number of nitrogens with one attached hydrogen (secondary N) is 2. The average Bonchev–Trinajstić information content (AvgIpc) is 3.18. The summed E-state index contributed by atoms with van der Waals surface area (Å²) in [5, 5.41) is 20.5. The molecule has 2 aromatic carbocycles. The fraction of sp³-hybridized carbons (Fsp3) is 0.143. The van der Waals surface area contributed by atoms with Crippen molar-refractivity contribution in [2.24, 2.45) is 5.73 Å².